The average Bonchev–Trinajstić information content (AvgIpc) is 2.71. The largest absolute Gasteiger partial charge is 0.478 e. The maximum absolute atomic E-state index is 11.2. The van der Waals surface area contributed by atoms with Gasteiger partial charge in [0, 0.05) is 25.9 Å². The third-order valence-electron chi connectivity index (χ3n) is 3.19. The maximum atomic E-state index is 11.2. The van der Waals surface area contributed by atoms with Crippen molar-refractivity contribution < 1.29 is 19.8 Å². The quantitative estimate of drug-likeness (QED) is 0.625. The number of hydrogen-bond donors (Lipinski definition) is 3. The normalized spacial score (nSPS) is 11.1. The Labute approximate surface area is 127 Å². The highest BCUT2D eigenvalue weighted by molar-refractivity contribution is 7.25. The first-order valence-corrected chi connectivity index (χ1v) is 7.00. The second-order valence-electron chi connectivity index (χ2n) is 4.48. The number of nitrogens with two attached hydrogens (primary N) is 1. The lowest BCUT2D eigenvalue weighted by Gasteiger charge is -2.02. The molecule has 0 saturated carbocycles. The minimum atomic E-state index is -1.13. The number of aromatic carboxylic acids is 2. The molecule has 0 atom stereocenters. The first-order valence-electron chi connectivity index (χ1n) is 5.80. The Morgan fingerprint density at radius 1 is 0.952 bits per heavy atom. The SMILES string of the molecule is Nc1cc2sc3cc(Cl)c(C(=O)O)cc3c2cc1C(=O)O. The molecule has 4 N–H and O–H groups in total. The minimum absolute atomic E-state index is 0.00553. The van der Waals surface area contributed by atoms with Crippen LogP contribution in [0.1, 0.15) is 20.7 Å². The predicted octanol–water partition coefficient (Wildman–Crippen LogP) is 3.69. The van der Waals surface area contributed by atoms with Crippen LogP contribution in [0.5, 0.6) is 0 Å². The molecule has 0 spiro atoms. The van der Waals surface area contributed by atoms with Crippen molar-refractivity contribution in [3.05, 3.63) is 40.4 Å². The Morgan fingerprint density at radius 3 is 2.05 bits per heavy atom. The molecule has 5 nitrogen and oxygen atoms in total. The van der Waals surface area contributed by atoms with Gasteiger partial charge in [-0.3, -0.25) is 0 Å². The van der Waals surface area contributed by atoms with Crippen molar-refractivity contribution in [1.29, 1.82) is 0 Å². The first-order chi connectivity index (χ1) is 9.88. The van der Waals surface area contributed by atoms with Gasteiger partial charge in [0.15, 0.2) is 0 Å². The molecular weight excluding hydrogens is 314 g/mol. The number of carboxylic acids is 2. The number of anilines is 1. The third kappa shape index (κ3) is 2.09. The first kappa shape index (κ1) is 13.7. The smallest absolute Gasteiger partial charge is 0.337 e. The van der Waals surface area contributed by atoms with E-state index in [1.165, 1.54) is 23.5 Å². The van der Waals surface area contributed by atoms with E-state index in [9.17, 15) is 9.59 Å². The van der Waals surface area contributed by atoms with Crippen molar-refractivity contribution >= 4 is 60.7 Å². The zero-order chi connectivity index (χ0) is 15.3. The van der Waals surface area contributed by atoms with E-state index in [1.807, 2.05) is 0 Å². The molecule has 3 rings (SSSR count). The van der Waals surface area contributed by atoms with E-state index >= 15 is 0 Å². The lowest BCUT2D eigenvalue weighted by Crippen LogP contribution is -2.01. The summed E-state index contributed by atoms with van der Waals surface area (Å²) in [4.78, 5) is 22.3. The van der Waals surface area contributed by atoms with Crippen LogP contribution in [-0.2, 0) is 0 Å². The molecule has 7 heteroatoms. The number of rotatable bonds is 2. The number of carbonyl (C=O) groups is 2. The molecule has 0 aliphatic heterocycles. The van der Waals surface area contributed by atoms with Gasteiger partial charge in [-0.2, -0.15) is 0 Å². The standard InChI is InChI=1S/C14H8ClNO4S/c15-9-3-11-5(1-7(9)13(17)18)6-2-8(14(19)20)10(16)4-12(6)21-11/h1-4H,16H2,(H,17,18)(H,19,20). The fourth-order valence-corrected chi connectivity index (χ4v) is 3.67. The molecular formula is C14H8ClNO4S. The average molecular weight is 322 g/mol. The fraction of sp³-hybridized carbons (Fsp3) is 0. The molecule has 0 radical (unpaired) electrons. The van der Waals surface area contributed by atoms with Crippen molar-refractivity contribution in [3.8, 4) is 0 Å². The molecule has 0 aliphatic carbocycles. The number of hydrogen-bond acceptors (Lipinski definition) is 4. The number of halogens is 1. The Balaban J connectivity index is 2.44. The molecule has 0 bridgehead atoms. The highest BCUT2D eigenvalue weighted by Crippen LogP contribution is 2.38. The fourth-order valence-electron chi connectivity index (χ4n) is 2.21. The van der Waals surface area contributed by atoms with Crippen LogP contribution in [-0.4, -0.2) is 22.2 Å². The van der Waals surface area contributed by atoms with E-state index < -0.39 is 11.9 Å². The van der Waals surface area contributed by atoms with Gasteiger partial charge in [0.05, 0.1) is 16.1 Å². The minimum Gasteiger partial charge on any atom is -0.478 e. The van der Waals surface area contributed by atoms with Gasteiger partial charge in [-0.1, -0.05) is 11.6 Å². The maximum Gasteiger partial charge on any atom is 0.337 e. The summed E-state index contributed by atoms with van der Waals surface area (Å²) in [6.45, 7) is 0. The van der Waals surface area contributed by atoms with Gasteiger partial charge in [-0.05, 0) is 24.3 Å². The monoisotopic (exact) mass is 321 g/mol. The molecule has 2 aromatic carbocycles. The van der Waals surface area contributed by atoms with Gasteiger partial charge < -0.3 is 15.9 Å². The summed E-state index contributed by atoms with van der Waals surface area (Å²) in [6, 6.07) is 6.07. The topological polar surface area (TPSA) is 101 Å². The van der Waals surface area contributed by atoms with E-state index in [4.69, 9.17) is 27.5 Å². The summed E-state index contributed by atoms with van der Waals surface area (Å²) in [6.07, 6.45) is 0. The summed E-state index contributed by atoms with van der Waals surface area (Å²) in [5.74, 6) is -2.25. The number of fused-ring (bicyclic) bond motifs is 3. The molecule has 3 aromatic rings. The second-order valence-corrected chi connectivity index (χ2v) is 5.97. The number of carboxylic acid groups (broad SMARTS) is 2. The second kappa shape index (κ2) is 4.61. The summed E-state index contributed by atoms with van der Waals surface area (Å²) in [7, 11) is 0. The third-order valence-corrected chi connectivity index (χ3v) is 4.62. The van der Waals surface area contributed by atoms with Crippen LogP contribution in [0.15, 0.2) is 24.3 Å². The van der Waals surface area contributed by atoms with E-state index in [0.29, 0.717) is 10.8 Å². The molecule has 0 unspecified atom stereocenters. The molecule has 0 saturated heterocycles. The lowest BCUT2D eigenvalue weighted by atomic mass is 10.1. The predicted molar refractivity (Wildman–Crippen MR) is 82.7 cm³/mol. The van der Waals surface area contributed by atoms with Gasteiger partial charge >= 0.3 is 11.9 Å². The van der Waals surface area contributed by atoms with Crippen LogP contribution < -0.4 is 5.73 Å². The van der Waals surface area contributed by atoms with Crippen LogP contribution >= 0.6 is 22.9 Å². The van der Waals surface area contributed by atoms with Gasteiger partial charge in [0.1, 0.15) is 0 Å². The molecule has 1 aromatic heterocycles. The Kier molecular flexibility index (Phi) is 3.00. The van der Waals surface area contributed by atoms with Crippen LogP contribution in [0.3, 0.4) is 0 Å². The Hall–Kier alpha value is -2.31. The summed E-state index contributed by atoms with van der Waals surface area (Å²) >= 11 is 7.33. The van der Waals surface area contributed by atoms with Crippen LogP contribution in [0.25, 0.3) is 20.2 Å². The van der Waals surface area contributed by atoms with Gasteiger partial charge in [0.25, 0.3) is 0 Å². The van der Waals surface area contributed by atoms with Crippen molar-refractivity contribution in [2.45, 2.75) is 0 Å². The number of nitrogen functional groups attached to an aromatic ring is 1. The van der Waals surface area contributed by atoms with Gasteiger partial charge in [-0.15, -0.1) is 11.3 Å². The van der Waals surface area contributed by atoms with E-state index in [1.54, 1.807) is 12.1 Å². The Morgan fingerprint density at radius 2 is 1.48 bits per heavy atom. The van der Waals surface area contributed by atoms with Crippen molar-refractivity contribution in [2.75, 3.05) is 5.73 Å². The van der Waals surface area contributed by atoms with Gasteiger partial charge in [0.2, 0.25) is 0 Å². The summed E-state index contributed by atoms with van der Waals surface area (Å²) in [5.41, 5.74) is 5.87. The van der Waals surface area contributed by atoms with Crippen molar-refractivity contribution in [3.63, 3.8) is 0 Å². The Bertz CT molecular complexity index is 858. The molecule has 0 aliphatic rings. The highest BCUT2D eigenvalue weighted by Gasteiger charge is 2.16. The van der Waals surface area contributed by atoms with Gasteiger partial charge in [-0.25, -0.2) is 9.59 Å². The number of benzene rings is 2. The van der Waals surface area contributed by atoms with Crippen molar-refractivity contribution in [2.24, 2.45) is 0 Å². The lowest BCUT2D eigenvalue weighted by molar-refractivity contribution is 0.0686. The van der Waals surface area contributed by atoms with Crippen LogP contribution in [0.4, 0.5) is 5.69 Å². The van der Waals surface area contributed by atoms with Crippen molar-refractivity contribution in [1.82, 2.24) is 0 Å². The summed E-state index contributed by atoms with van der Waals surface area (Å²) in [5, 5.41) is 19.7. The highest BCUT2D eigenvalue weighted by atomic mass is 35.5. The molecule has 21 heavy (non-hydrogen) atoms. The number of thiophene rings is 1. The van der Waals surface area contributed by atoms with Crippen LogP contribution in [0.2, 0.25) is 5.02 Å². The molecule has 1 heterocycles. The molecule has 0 amide bonds. The van der Waals surface area contributed by atoms with E-state index in [2.05, 4.69) is 0 Å². The van der Waals surface area contributed by atoms with E-state index in [-0.39, 0.29) is 21.8 Å². The van der Waals surface area contributed by atoms with Crippen LogP contribution in [0, 0.1) is 0 Å². The molecule has 106 valence electrons. The summed E-state index contributed by atoms with van der Waals surface area (Å²) < 4.78 is 1.56. The zero-order valence-corrected chi connectivity index (χ0v) is 12.0. The molecule has 0 fully saturated rings. The zero-order valence-electron chi connectivity index (χ0n) is 10.4. The van der Waals surface area contributed by atoms with E-state index in [0.717, 1.165) is 9.40 Å².